The van der Waals surface area contributed by atoms with Gasteiger partial charge in [-0.25, -0.2) is 0 Å². The van der Waals surface area contributed by atoms with Gasteiger partial charge in [0, 0.05) is 0 Å². The lowest BCUT2D eigenvalue weighted by atomic mass is 10.0. The first kappa shape index (κ1) is 9.65. The first-order valence-electron chi connectivity index (χ1n) is 6.02. The molecule has 0 aromatic heterocycles. The highest BCUT2D eigenvalue weighted by Crippen LogP contribution is 2.49. The maximum Gasteiger partial charge on any atom is -0.0127 e. The van der Waals surface area contributed by atoms with E-state index in [0.717, 1.165) is 11.8 Å². The summed E-state index contributed by atoms with van der Waals surface area (Å²) in [5.74, 6) is 1.67. The van der Waals surface area contributed by atoms with E-state index in [1.165, 1.54) is 24.0 Å². The molecule has 1 aliphatic rings. The molecule has 2 aromatic rings. The Morgan fingerprint density at radius 1 is 0.812 bits per heavy atom. The Kier molecular flexibility index (Phi) is 2.49. The molecule has 0 heteroatoms. The third-order valence-electron chi connectivity index (χ3n) is 3.49. The monoisotopic (exact) mass is 208 g/mol. The van der Waals surface area contributed by atoms with Crippen molar-refractivity contribution in [1.29, 1.82) is 0 Å². The highest BCUT2D eigenvalue weighted by molar-refractivity contribution is 5.27. The van der Waals surface area contributed by atoms with Crippen LogP contribution in [-0.4, -0.2) is 0 Å². The lowest BCUT2D eigenvalue weighted by Crippen LogP contribution is -1.89. The Bertz CT molecular complexity index is 444. The Labute approximate surface area is 96.9 Å². The van der Waals surface area contributed by atoms with Crippen LogP contribution in [0.1, 0.15) is 23.5 Å². The summed E-state index contributed by atoms with van der Waals surface area (Å²) in [6, 6.07) is 21.7. The third kappa shape index (κ3) is 2.01. The summed E-state index contributed by atoms with van der Waals surface area (Å²) in [5, 5.41) is 0. The van der Waals surface area contributed by atoms with Gasteiger partial charge < -0.3 is 0 Å². The molecule has 3 rings (SSSR count). The van der Waals surface area contributed by atoms with Crippen LogP contribution < -0.4 is 0 Å². The number of hydrogen-bond donors (Lipinski definition) is 0. The van der Waals surface area contributed by atoms with Crippen molar-refractivity contribution < 1.29 is 0 Å². The quantitative estimate of drug-likeness (QED) is 0.714. The van der Waals surface area contributed by atoms with Crippen LogP contribution in [0.4, 0.5) is 0 Å². The molecule has 1 fully saturated rings. The average molecular weight is 208 g/mol. The van der Waals surface area contributed by atoms with Gasteiger partial charge in [0.15, 0.2) is 0 Å². The number of benzene rings is 2. The van der Waals surface area contributed by atoms with Gasteiger partial charge in [0.25, 0.3) is 0 Å². The summed E-state index contributed by atoms with van der Waals surface area (Å²) in [6.07, 6.45) is 2.60. The molecule has 80 valence electrons. The highest BCUT2D eigenvalue weighted by atomic mass is 14.4. The van der Waals surface area contributed by atoms with Crippen molar-refractivity contribution in [2.45, 2.75) is 18.8 Å². The van der Waals surface area contributed by atoms with Gasteiger partial charge >= 0.3 is 0 Å². The summed E-state index contributed by atoms with van der Waals surface area (Å²) >= 11 is 0. The molecule has 0 heterocycles. The molecule has 2 aromatic carbocycles. The van der Waals surface area contributed by atoms with Crippen LogP contribution in [0.15, 0.2) is 60.7 Å². The lowest BCUT2D eigenvalue weighted by Gasteiger charge is -2.01. The molecule has 0 spiro atoms. The molecule has 1 saturated carbocycles. The lowest BCUT2D eigenvalue weighted by molar-refractivity contribution is 0.795. The predicted octanol–water partition coefficient (Wildman–Crippen LogP) is 4.03. The third-order valence-corrected chi connectivity index (χ3v) is 3.49. The molecule has 0 aliphatic heterocycles. The Morgan fingerprint density at radius 3 is 2.12 bits per heavy atom. The fourth-order valence-electron chi connectivity index (χ4n) is 2.50. The summed E-state index contributed by atoms with van der Waals surface area (Å²) in [5.41, 5.74) is 2.99. The van der Waals surface area contributed by atoms with E-state index in [0.29, 0.717) is 0 Å². The topological polar surface area (TPSA) is 0 Å². The van der Waals surface area contributed by atoms with Crippen molar-refractivity contribution in [1.82, 2.24) is 0 Å². The number of rotatable bonds is 3. The van der Waals surface area contributed by atoms with Crippen LogP contribution >= 0.6 is 0 Å². The largest absolute Gasteiger partial charge is 0.0622 e. The van der Waals surface area contributed by atoms with Crippen molar-refractivity contribution in [3.63, 3.8) is 0 Å². The zero-order valence-electron chi connectivity index (χ0n) is 9.34. The zero-order chi connectivity index (χ0) is 10.8. The number of hydrogen-bond acceptors (Lipinski definition) is 0. The van der Waals surface area contributed by atoms with Gasteiger partial charge in [0.1, 0.15) is 0 Å². The molecule has 0 amide bonds. The second-order valence-corrected chi connectivity index (χ2v) is 4.70. The van der Waals surface area contributed by atoms with Gasteiger partial charge in [-0.15, -0.1) is 0 Å². The Morgan fingerprint density at radius 2 is 1.44 bits per heavy atom. The van der Waals surface area contributed by atoms with Crippen LogP contribution in [0, 0.1) is 5.92 Å². The van der Waals surface area contributed by atoms with Crippen LogP contribution in [0.2, 0.25) is 0 Å². The van der Waals surface area contributed by atoms with E-state index in [2.05, 4.69) is 60.7 Å². The zero-order valence-corrected chi connectivity index (χ0v) is 9.34. The minimum atomic E-state index is 0.807. The molecule has 0 bridgehead atoms. The SMILES string of the molecule is c1ccc(C[C@@H]2C[C@H]2c2ccccc2)cc1. The maximum absolute atomic E-state index is 2.26. The summed E-state index contributed by atoms with van der Waals surface area (Å²) in [6.45, 7) is 0. The minimum absolute atomic E-state index is 0.807. The Balaban J connectivity index is 1.65. The fourth-order valence-corrected chi connectivity index (χ4v) is 2.50. The van der Waals surface area contributed by atoms with E-state index < -0.39 is 0 Å². The average Bonchev–Trinajstić information content (AvgIpc) is 3.11. The van der Waals surface area contributed by atoms with Gasteiger partial charge in [0.2, 0.25) is 0 Å². The van der Waals surface area contributed by atoms with Gasteiger partial charge in [-0.3, -0.25) is 0 Å². The smallest absolute Gasteiger partial charge is 0.0127 e. The molecule has 1 aliphatic carbocycles. The first-order chi connectivity index (χ1) is 7.93. The van der Waals surface area contributed by atoms with E-state index in [4.69, 9.17) is 0 Å². The van der Waals surface area contributed by atoms with Crippen LogP contribution in [-0.2, 0) is 6.42 Å². The maximum atomic E-state index is 2.26. The van der Waals surface area contributed by atoms with Crippen LogP contribution in [0.25, 0.3) is 0 Å². The van der Waals surface area contributed by atoms with Crippen molar-refractivity contribution in [3.05, 3.63) is 71.8 Å². The molecule has 16 heavy (non-hydrogen) atoms. The van der Waals surface area contributed by atoms with Gasteiger partial charge in [-0.1, -0.05) is 60.7 Å². The van der Waals surface area contributed by atoms with E-state index in [1.807, 2.05) is 0 Å². The van der Waals surface area contributed by atoms with Crippen molar-refractivity contribution >= 4 is 0 Å². The van der Waals surface area contributed by atoms with Gasteiger partial charge in [-0.2, -0.15) is 0 Å². The fraction of sp³-hybridized carbons (Fsp3) is 0.250. The van der Waals surface area contributed by atoms with Gasteiger partial charge in [-0.05, 0) is 35.8 Å². The van der Waals surface area contributed by atoms with Gasteiger partial charge in [0.05, 0.1) is 0 Å². The molecule has 0 radical (unpaired) electrons. The summed E-state index contributed by atoms with van der Waals surface area (Å²) in [4.78, 5) is 0. The van der Waals surface area contributed by atoms with Crippen molar-refractivity contribution in [2.24, 2.45) is 5.92 Å². The normalized spacial score (nSPS) is 23.0. The summed E-state index contributed by atoms with van der Waals surface area (Å²) in [7, 11) is 0. The predicted molar refractivity (Wildman–Crippen MR) is 67.4 cm³/mol. The standard InChI is InChI=1S/C16H16/c1-3-7-13(8-4-1)11-15-12-16(15)14-9-5-2-6-10-14/h1-10,15-16H,11-12H2/t15-,16+/m1/s1. The molecule has 0 saturated heterocycles. The van der Waals surface area contributed by atoms with Crippen molar-refractivity contribution in [3.8, 4) is 0 Å². The van der Waals surface area contributed by atoms with Crippen LogP contribution in [0.5, 0.6) is 0 Å². The Hall–Kier alpha value is -1.56. The molecular formula is C16H16. The van der Waals surface area contributed by atoms with E-state index in [9.17, 15) is 0 Å². The molecule has 2 atom stereocenters. The van der Waals surface area contributed by atoms with E-state index >= 15 is 0 Å². The molecular weight excluding hydrogens is 192 g/mol. The second-order valence-electron chi connectivity index (χ2n) is 4.70. The first-order valence-corrected chi connectivity index (χ1v) is 6.02. The van der Waals surface area contributed by atoms with Crippen molar-refractivity contribution in [2.75, 3.05) is 0 Å². The molecule has 0 nitrogen and oxygen atoms in total. The second kappa shape index (κ2) is 4.13. The minimum Gasteiger partial charge on any atom is -0.0622 e. The summed E-state index contributed by atoms with van der Waals surface area (Å²) < 4.78 is 0. The van der Waals surface area contributed by atoms with E-state index in [1.54, 1.807) is 0 Å². The molecule has 0 N–H and O–H groups in total. The molecule has 0 unspecified atom stereocenters. The highest BCUT2D eigenvalue weighted by Gasteiger charge is 2.37. The van der Waals surface area contributed by atoms with E-state index in [-0.39, 0.29) is 0 Å². The van der Waals surface area contributed by atoms with Crippen LogP contribution in [0.3, 0.4) is 0 Å².